The Morgan fingerprint density at radius 1 is 1.44 bits per heavy atom. The van der Waals surface area contributed by atoms with Crippen LogP contribution in [0, 0.1) is 17.8 Å². The van der Waals surface area contributed by atoms with Gasteiger partial charge in [0.1, 0.15) is 0 Å². The molecule has 1 saturated carbocycles. The van der Waals surface area contributed by atoms with Crippen LogP contribution in [0.1, 0.15) is 33.1 Å². The molecule has 2 heteroatoms. The summed E-state index contributed by atoms with van der Waals surface area (Å²) in [5.74, 6) is 1.19. The highest BCUT2D eigenvalue weighted by Gasteiger charge is 2.38. The van der Waals surface area contributed by atoms with E-state index in [0.717, 1.165) is 19.3 Å². The third-order valence-electron chi connectivity index (χ3n) is 4.40. The second-order valence-corrected chi connectivity index (χ2v) is 5.51. The van der Waals surface area contributed by atoms with E-state index in [-0.39, 0.29) is 5.92 Å². The second kappa shape index (κ2) is 4.34. The van der Waals surface area contributed by atoms with Gasteiger partial charge in [0.05, 0.1) is 12.2 Å². The van der Waals surface area contributed by atoms with Crippen molar-refractivity contribution in [2.75, 3.05) is 0 Å². The maximum atomic E-state index is 9.89. The van der Waals surface area contributed by atoms with Gasteiger partial charge in [0.2, 0.25) is 0 Å². The minimum Gasteiger partial charge on any atom is -0.390 e. The lowest BCUT2D eigenvalue weighted by atomic mass is 9.66. The summed E-state index contributed by atoms with van der Waals surface area (Å²) in [5, 5.41) is 19.6. The molecule has 5 atom stereocenters. The summed E-state index contributed by atoms with van der Waals surface area (Å²) in [4.78, 5) is 0. The number of hydrogen-bond acceptors (Lipinski definition) is 2. The molecule has 5 unspecified atom stereocenters. The quantitative estimate of drug-likeness (QED) is 0.668. The van der Waals surface area contributed by atoms with E-state index in [1.165, 1.54) is 11.1 Å². The summed E-state index contributed by atoms with van der Waals surface area (Å²) in [5.41, 5.74) is 2.61. The van der Waals surface area contributed by atoms with Crippen LogP contribution in [-0.2, 0) is 0 Å². The van der Waals surface area contributed by atoms with E-state index in [2.05, 4.69) is 13.5 Å². The van der Waals surface area contributed by atoms with Crippen LogP contribution in [-0.4, -0.2) is 22.4 Å². The highest BCUT2D eigenvalue weighted by Crippen LogP contribution is 2.44. The summed E-state index contributed by atoms with van der Waals surface area (Å²) >= 11 is 0. The van der Waals surface area contributed by atoms with Crippen molar-refractivity contribution in [1.29, 1.82) is 0 Å². The minimum atomic E-state index is -0.664. The molecule has 1 fully saturated rings. The number of aliphatic hydroxyl groups excluding tert-OH is 2. The minimum absolute atomic E-state index is 0.164. The molecule has 0 aromatic rings. The first-order chi connectivity index (χ1) is 7.50. The van der Waals surface area contributed by atoms with E-state index >= 15 is 0 Å². The van der Waals surface area contributed by atoms with E-state index in [9.17, 15) is 10.2 Å². The third-order valence-corrected chi connectivity index (χ3v) is 4.40. The van der Waals surface area contributed by atoms with Crippen LogP contribution in [0.15, 0.2) is 23.8 Å². The van der Waals surface area contributed by atoms with Gasteiger partial charge in [-0.05, 0) is 43.9 Å². The summed E-state index contributed by atoms with van der Waals surface area (Å²) in [6.45, 7) is 8.19. The van der Waals surface area contributed by atoms with E-state index in [4.69, 9.17) is 0 Å². The molecule has 0 amide bonds. The molecule has 0 aromatic heterocycles. The van der Waals surface area contributed by atoms with Crippen LogP contribution in [0.3, 0.4) is 0 Å². The average Bonchev–Trinajstić information content (AvgIpc) is 2.25. The van der Waals surface area contributed by atoms with Crippen LogP contribution in [0.25, 0.3) is 0 Å². The van der Waals surface area contributed by atoms with Gasteiger partial charge in [-0.25, -0.2) is 0 Å². The molecule has 0 radical (unpaired) electrons. The zero-order valence-corrected chi connectivity index (χ0v) is 10.2. The van der Waals surface area contributed by atoms with Crippen LogP contribution in [0.5, 0.6) is 0 Å². The Balaban J connectivity index is 2.18. The zero-order chi connectivity index (χ0) is 11.9. The third kappa shape index (κ3) is 1.96. The number of hydrogen-bond donors (Lipinski definition) is 2. The van der Waals surface area contributed by atoms with Gasteiger partial charge >= 0.3 is 0 Å². The monoisotopic (exact) mass is 222 g/mol. The predicted octanol–water partition coefficient (Wildman–Crippen LogP) is 2.28. The van der Waals surface area contributed by atoms with Crippen LogP contribution in [0.2, 0.25) is 0 Å². The molecule has 2 aliphatic carbocycles. The highest BCUT2D eigenvalue weighted by molar-refractivity contribution is 5.21. The molecule has 2 nitrogen and oxygen atoms in total. The first-order valence-corrected chi connectivity index (χ1v) is 6.22. The van der Waals surface area contributed by atoms with Crippen molar-refractivity contribution in [1.82, 2.24) is 0 Å². The fourth-order valence-corrected chi connectivity index (χ4v) is 3.18. The van der Waals surface area contributed by atoms with E-state index < -0.39 is 12.2 Å². The highest BCUT2D eigenvalue weighted by atomic mass is 16.3. The number of fused-ring (bicyclic) bond motifs is 1. The smallest absolute Gasteiger partial charge is 0.0985 e. The molecule has 16 heavy (non-hydrogen) atoms. The fraction of sp³-hybridized carbons (Fsp3) is 0.714. The summed E-state index contributed by atoms with van der Waals surface area (Å²) in [6.07, 6.45) is 3.90. The lowest BCUT2D eigenvalue weighted by Crippen LogP contribution is -2.42. The Hall–Kier alpha value is -0.600. The predicted molar refractivity (Wildman–Crippen MR) is 64.9 cm³/mol. The Morgan fingerprint density at radius 2 is 2.12 bits per heavy atom. The normalized spacial score (nSPS) is 43.5. The van der Waals surface area contributed by atoms with Crippen LogP contribution in [0.4, 0.5) is 0 Å². The first-order valence-electron chi connectivity index (χ1n) is 6.22. The Morgan fingerprint density at radius 3 is 2.75 bits per heavy atom. The van der Waals surface area contributed by atoms with Crippen molar-refractivity contribution in [2.24, 2.45) is 17.8 Å². The van der Waals surface area contributed by atoms with Crippen molar-refractivity contribution in [3.8, 4) is 0 Å². The molecule has 0 heterocycles. The number of aliphatic hydroxyl groups is 2. The molecule has 0 aromatic carbocycles. The maximum absolute atomic E-state index is 9.89. The lowest BCUT2D eigenvalue weighted by molar-refractivity contribution is -0.0171. The molecule has 0 saturated heterocycles. The molecule has 0 bridgehead atoms. The summed E-state index contributed by atoms with van der Waals surface area (Å²) in [6, 6.07) is 0. The fourth-order valence-electron chi connectivity index (χ4n) is 3.18. The molecule has 2 rings (SSSR count). The molecule has 0 spiro atoms. The molecule has 0 aliphatic heterocycles. The molecule has 90 valence electrons. The molecule has 2 aliphatic rings. The SMILES string of the molecule is C=C(C)C1CCC2=CC(O)C(O)C(C)C2C1. The molecule has 2 N–H and O–H groups in total. The van der Waals surface area contributed by atoms with Gasteiger partial charge in [0.15, 0.2) is 0 Å². The van der Waals surface area contributed by atoms with Gasteiger partial charge in [-0.3, -0.25) is 0 Å². The van der Waals surface area contributed by atoms with Crippen molar-refractivity contribution in [3.05, 3.63) is 23.8 Å². The van der Waals surface area contributed by atoms with Gasteiger partial charge in [-0.15, -0.1) is 0 Å². The van der Waals surface area contributed by atoms with Crippen LogP contribution < -0.4 is 0 Å². The van der Waals surface area contributed by atoms with Gasteiger partial charge in [0, 0.05) is 0 Å². The van der Waals surface area contributed by atoms with Crippen molar-refractivity contribution in [3.63, 3.8) is 0 Å². The lowest BCUT2D eigenvalue weighted by Gasteiger charge is -2.42. The van der Waals surface area contributed by atoms with Crippen molar-refractivity contribution >= 4 is 0 Å². The van der Waals surface area contributed by atoms with E-state index in [1.54, 1.807) is 0 Å². The Labute approximate surface area is 97.7 Å². The van der Waals surface area contributed by atoms with Gasteiger partial charge in [0.25, 0.3) is 0 Å². The molecular formula is C14H22O2. The van der Waals surface area contributed by atoms with Crippen molar-refractivity contribution < 1.29 is 10.2 Å². The number of rotatable bonds is 1. The van der Waals surface area contributed by atoms with Gasteiger partial charge < -0.3 is 10.2 Å². The first kappa shape index (κ1) is 11.9. The summed E-state index contributed by atoms with van der Waals surface area (Å²) < 4.78 is 0. The Bertz CT molecular complexity index is 319. The molecular weight excluding hydrogens is 200 g/mol. The van der Waals surface area contributed by atoms with Gasteiger partial charge in [-0.1, -0.05) is 30.7 Å². The summed E-state index contributed by atoms with van der Waals surface area (Å²) in [7, 11) is 0. The van der Waals surface area contributed by atoms with E-state index in [0.29, 0.717) is 11.8 Å². The maximum Gasteiger partial charge on any atom is 0.0985 e. The zero-order valence-electron chi connectivity index (χ0n) is 10.2. The van der Waals surface area contributed by atoms with Crippen LogP contribution >= 0.6 is 0 Å². The topological polar surface area (TPSA) is 40.5 Å². The standard InChI is InChI=1S/C14H22O2/c1-8(2)10-4-5-11-7-13(15)14(16)9(3)12(11)6-10/h7,9-10,12-16H,1,4-6H2,2-3H3. The van der Waals surface area contributed by atoms with E-state index in [1.807, 2.05) is 13.0 Å². The Kier molecular flexibility index (Phi) is 3.22. The number of allylic oxidation sites excluding steroid dienone is 2. The average molecular weight is 222 g/mol. The largest absolute Gasteiger partial charge is 0.390 e. The second-order valence-electron chi connectivity index (χ2n) is 5.51. The van der Waals surface area contributed by atoms with Gasteiger partial charge in [-0.2, -0.15) is 0 Å². The van der Waals surface area contributed by atoms with Crippen molar-refractivity contribution in [2.45, 2.75) is 45.3 Å².